The Morgan fingerprint density at radius 1 is 1.41 bits per heavy atom. The third kappa shape index (κ3) is 1.94. The van der Waals surface area contributed by atoms with Crippen LogP contribution >= 0.6 is 0 Å². The molecule has 1 heterocycles. The molecule has 1 aromatic carbocycles. The minimum atomic E-state index is -0.499. The van der Waals surface area contributed by atoms with Crippen molar-refractivity contribution in [2.75, 3.05) is 5.73 Å². The van der Waals surface area contributed by atoms with Gasteiger partial charge in [-0.15, -0.1) is 0 Å². The number of furan rings is 1. The van der Waals surface area contributed by atoms with Gasteiger partial charge in [-0.2, -0.15) is 5.26 Å². The fourth-order valence-corrected chi connectivity index (χ4v) is 1.41. The number of hydrogen-bond donors (Lipinski definition) is 1. The molecule has 2 aromatic rings. The van der Waals surface area contributed by atoms with E-state index in [4.69, 9.17) is 15.4 Å². The molecule has 0 bridgehead atoms. The molecule has 0 radical (unpaired) electrons. The van der Waals surface area contributed by atoms with Crippen molar-refractivity contribution in [3.8, 4) is 17.4 Å². The standard InChI is InChI=1S/C11H7N3O3/c12-6-8-5-10(17-11(8)13)7-2-1-3-9(4-7)14(15)16/h1-5H,13H2. The number of benzene rings is 1. The fourth-order valence-electron chi connectivity index (χ4n) is 1.41. The van der Waals surface area contributed by atoms with Gasteiger partial charge in [-0.25, -0.2) is 0 Å². The van der Waals surface area contributed by atoms with Gasteiger partial charge in [-0.1, -0.05) is 12.1 Å². The molecule has 6 nitrogen and oxygen atoms in total. The maximum atomic E-state index is 10.6. The van der Waals surface area contributed by atoms with E-state index in [-0.39, 0.29) is 17.1 Å². The Hall–Kier alpha value is -2.81. The molecule has 6 heteroatoms. The number of nitro groups is 1. The van der Waals surface area contributed by atoms with Crippen LogP contribution in [0.15, 0.2) is 34.7 Å². The largest absolute Gasteiger partial charge is 0.440 e. The molecule has 0 spiro atoms. The Labute approximate surface area is 96.0 Å². The molecule has 1 aromatic heterocycles. The monoisotopic (exact) mass is 229 g/mol. The van der Waals surface area contributed by atoms with Crippen molar-refractivity contribution in [1.82, 2.24) is 0 Å². The summed E-state index contributed by atoms with van der Waals surface area (Å²) in [5, 5.41) is 19.3. The van der Waals surface area contributed by atoms with Gasteiger partial charge in [0.05, 0.1) is 4.92 Å². The van der Waals surface area contributed by atoms with Gasteiger partial charge < -0.3 is 10.2 Å². The number of rotatable bonds is 2. The van der Waals surface area contributed by atoms with Crippen LogP contribution in [0.4, 0.5) is 11.6 Å². The van der Waals surface area contributed by atoms with Crippen LogP contribution in [0.2, 0.25) is 0 Å². The quantitative estimate of drug-likeness (QED) is 0.628. The lowest BCUT2D eigenvalue weighted by Gasteiger charge is -1.96. The molecule has 2 N–H and O–H groups in total. The fraction of sp³-hybridized carbons (Fsp3) is 0. The van der Waals surface area contributed by atoms with Gasteiger partial charge in [-0.3, -0.25) is 10.1 Å². The van der Waals surface area contributed by atoms with E-state index in [9.17, 15) is 10.1 Å². The molecule has 0 aliphatic rings. The normalized spacial score (nSPS) is 9.82. The third-order valence-corrected chi connectivity index (χ3v) is 2.22. The van der Waals surface area contributed by atoms with Crippen molar-refractivity contribution in [1.29, 1.82) is 5.26 Å². The minimum Gasteiger partial charge on any atom is -0.440 e. The van der Waals surface area contributed by atoms with Crippen molar-refractivity contribution in [3.05, 3.63) is 46.0 Å². The number of nitrogen functional groups attached to an aromatic ring is 1. The predicted molar refractivity (Wildman–Crippen MR) is 59.9 cm³/mol. The van der Waals surface area contributed by atoms with Crippen molar-refractivity contribution in [3.63, 3.8) is 0 Å². The van der Waals surface area contributed by atoms with Crippen LogP contribution in [0.1, 0.15) is 5.56 Å². The highest BCUT2D eigenvalue weighted by atomic mass is 16.6. The maximum Gasteiger partial charge on any atom is 0.270 e. The van der Waals surface area contributed by atoms with Gasteiger partial charge in [0, 0.05) is 23.8 Å². The predicted octanol–water partition coefficient (Wildman–Crippen LogP) is 2.31. The molecular weight excluding hydrogens is 222 g/mol. The second kappa shape index (κ2) is 3.98. The highest BCUT2D eigenvalue weighted by Gasteiger charge is 2.12. The highest BCUT2D eigenvalue weighted by molar-refractivity contribution is 5.66. The second-order valence-electron chi connectivity index (χ2n) is 3.31. The van der Waals surface area contributed by atoms with Crippen LogP contribution in [0.25, 0.3) is 11.3 Å². The van der Waals surface area contributed by atoms with Gasteiger partial charge in [-0.05, 0) is 0 Å². The summed E-state index contributed by atoms with van der Waals surface area (Å²) in [6, 6.07) is 9.24. The molecule has 2 rings (SSSR count). The number of non-ortho nitro benzene ring substituents is 1. The first-order chi connectivity index (χ1) is 8.11. The average molecular weight is 229 g/mol. The average Bonchev–Trinajstić information content (AvgIpc) is 2.71. The number of anilines is 1. The first-order valence-corrected chi connectivity index (χ1v) is 4.66. The van der Waals surface area contributed by atoms with Gasteiger partial charge >= 0.3 is 0 Å². The molecule has 0 aliphatic carbocycles. The first kappa shape index (κ1) is 10.7. The summed E-state index contributed by atoms with van der Waals surface area (Å²) < 4.78 is 5.16. The Morgan fingerprint density at radius 2 is 2.18 bits per heavy atom. The van der Waals surface area contributed by atoms with Crippen molar-refractivity contribution in [2.24, 2.45) is 0 Å². The molecule has 0 unspecified atom stereocenters. The Bertz CT molecular complexity index is 625. The number of hydrogen-bond acceptors (Lipinski definition) is 5. The van der Waals surface area contributed by atoms with E-state index in [1.807, 2.05) is 6.07 Å². The highest BCUT2D eigenvalue weighted by Crippen LogP contribution is 2.28. The van der Waals surface area contributed by atoms with Crippen molar-refractivity contribution in [2.45, 2.75) is 0 Å². The van der Waals surface area contributed by atoms with Gasteiger partial charge in [0.15, 0.2) is 0 Å². The van der Waals surface area contributed by atoms with E-state index in [2.05, 4.69) is 0 Å². The van der Waals surface area contributed by atoms with E-state index in [1.54, 1.807) is 6.07 Å². The first-order valence-electron chi connectivity index (χ1n) is 4.66. The summed E-state index contributed by atoms with van der Waals surface area (Å²) in [6.45, 7) is 0. The van der Waals surface area contributed by atoms with E-state index in [0.29, 0.717) is 11.3 Å². The van der Waals surface area contributed by atoms with E-state index in [0.717, 1.165) is 0 Å². The number of nitro benzene ring substituents is 1. The van der Waals surface area contributed by atoms with E-state index >= 15 is 0 Å². The summed E-state index contributed by atoms with van der Waals surface area (Å²) in [5.74, 6) is 0.344. The van der Waals surface area contributed by atoms with Crippen LogP contribution in [-0.4, -0.2) is 4.92 Å². The molecular formula is C11H7N3O3. The minimum absolute atomic E-state index is 0.00834. The summed E-state index contributed by atoms with van der Waals surface area (Å²) >= 11 is 0. The topological polar surface area (TPSA) is 106 Å². The van der Waals surface area contributed by atoms with E-state index in [1.165, 1.54) is 24.3 Å². The molecule has 84 valence electrons. The summed E-state index contributed by atoms with van der Waals surface area (Å²) in [4.78, 5) is 10.1. The van der Waals surface area contributed by atoms with Gasteiger partial charge in [0.25, 0.3) is 5.69 Å². The number of nitriles is 1. The Morgan fingerprint density at radius 3 is 2.76 bits per heavy atom. The van der Waals surface area contributed by atoms with Crippen LogP contribution in [-0.2, 0) is 0 Å². The van der Waals surface area contributed by atoms with Crippen LogP contribution in [0.5, 0.6) is 0 Å². The smallest absolute Gasteiger partial charge is 0.270 e. The molecule has 0 aliphatic heterocycles. The number of nitrogens with two attached hydrogens (primary N) is 1. The molecule has 0 saturated carbocycles. The summed E-state index contributed by atoms with van der Waals surface area (Å²) in [5.41, 5.74) is 6.14. The molecule has 0 atom stereocenters. The summed E-state index contributed by atoms with van der Waals surface area (Å²) in [6.07, 6.45) is 0. The van der Waals surface area contributed by atoms with Crippen LogP contribution < -0.4 is 5.73 Å². The van der Waals surface area contributed by atoms with Crippen molar-refractivity contribution < 1.29 is 9.34 Å². The molecule has 17 heavy (non-hydrogen) atoms. The second-order valence-corrected chi connectivity index (χ2v) is 3.31. The number of nitrogens with zero attached hydrogens (tertiary/aromatic N) is 2. The summed E-state index contributed by atoms with van der Waals surface area (Å²) in [7, 11) is 0. The molecule has 0 fully saturated rings. The van der Waals surface area contributed by atoms with E-state index < -0.39 is 4.92 Å². The zero-order valence-corrected chi connectivity index (χ0v) is 8.58. The Balaban J connectivity index is 2.50. The van der Waals surface area contributed by atoms with Crippen molar-refractivity contribution >= 4 is 11.6 Å². The zero-order valence-electron chi connectivity index (χ0n) is 8.58. The molecule has 0 amide bonds. The lowest BCUT2D eigenvalue weighted by molar-refractivity contribution is -0.384. The van der Waals surface area contributed by atoms with Crippen LogP contribution in [0, 0.1) is 21.4 Å². The third-order valence-electron chi connectivity index (χ3n) is 2.22. The maximum absolute atomic E-state index is 10.6. The van der Waals surface area contributed by atoms with Gasteiger partial charge in [0.1, 0.15) is 17.4 Å². The lowest BCUT2D eigenvalue weighted by Crippen LogP contribution is -1.87. The SMILES string of the molecule is N#Cc1cc(-c2cccc([N+](=O)[O-])c2)oc1N. The molecule has 0 saturated heterocycles. The zero-order chi connectivity index (χ0) is 12.4. The van der Waals surface area contributed by atoms with Gasteiger partial charge in [0.2, 0.25) is 5.88 Å². The lowest BCUT2D eigenvalue weighted by atomic mass is 10.1. The van der Waals surface area contributed by atoms with Crippen LogP contribution in [0.3, 0.4) is 0 Å². The Kier molecular flexibility index (Phi) is 2.51.